The van der Waals surface area contributed by atoms with E-state index in [0.29, 0.717) is 6.61 Å². The van der Waals surface area contributed by atoms with Crippen LogP contribution >= 0.6 is 0 Å². The highest BCUT2D eigenvalue weighted by molar-refractivity contribution is 5.60. The molecule has 0 radical (unpaired) electrons. The van der Waals surface area contributed by atoms with Crippen molar-refractivity contribution in [1.29, 1.82) is 0 Å². The molecule has 2 rings (SSSR count). The molecule has 1 atom stereocenters. The van der Waals surface area contributed by atoms with E-state index in [4.69, 9.17) is 4.74 Å². The Balaban J connectivity index is 1.94. The van der Waals surface area contributed by atoms with E-state index in [0.717, 1.165) is 38.8 Å². The summed E-state index contributed by atoms with van der Waals surface area (Å²) in [6, 6.07) is 8.55. The fourth-order valence-electron chi connectivity index (χ4n) is 2.73. The molecular weight excluding hydrogens is 238 g/mol. The highest BCUT2D eigenvalue weighted by Crippen LogP contribution is 2.27. The molecule has 0 aliphatic carbocycles. The molecule has 0 N–H and O–H groups in total. The summed E-state index contributed by atoms with van der Waals surface area (Å²) in [5.74, 6) is 0. The smallest absolute Gasteiger partial charge is 0.129 e. The van der Waals surface area contributed by atoms with Crippen LogP contribution in [0.5, 0.6) is 0 Å². The SMILES string of the molecule is Cc1ccc(CN(C)CC2(C=O)CCCOC2)cc1. The maximum absolute atomic E-state index is 11.4. The second-order valence-corrected chi connectivity index (χ2v) is 5.79. The minimum Gasteiger partial charge on any atom is -0.380 e. The van der Waals surface area contributed by atoms with Crippen molar-refractivity contribution in [3.05, 3.63) is 35.4 Å². The molecule has 0 aromatic heterocycles. The third-order valence-electron chi connectivity index (χ3n) is 3.76. The number of aryl methyl sites for hydroxylation is 1. The van der Waals surface area contributed by atoms with Crippen molar-refractivity contribution in [2.45, 2.75) is 26.3 Å². The summed E-state index contributed by atoms with van der Waals surface area (Å²) in [7, 11) is 2.07. The summed E-state index contributed by atoms with van der Waals surface area (Å²) in [6.45, 7) is 5.08. The topological polar surface area (TPSA) is 29.5 Å². The number of aldehydes is 1. The molecule has 1 saturated heterocycles. The van der Waals surface area contributed by atoms with Gasteiger partial charge in [-0.05, 0) is 32.4 Å². The van der Waals surface area contributed by atoms with Gasteiger partial charge in [-0.1, -0.05) is 29.8 Å². The molecule has 1 unspecified atom stereocenters. The predicted molar refractivity (Wildman–Crippen MR) is 76.1 cm³/mol. The summed E-state index contributed by atoms with van der Waals surface area (Å²) in [5, 5.41) is 0. The Bertz CT molecular complexity index is 407. The predicted octanol–water partition coefficient (Wildman–Crippen LogP) is 2.42. The molecule has 1 fully saturated rings. The molecule has 0 amide bonds. The maximum Gasteiger partial charge on any atom is 0.129 e. The lowest BCUT2D eigenvalue weighted by molar-refractivity contribution is -0.125. The van der Waals surface area contributed by atoms with Gasteiger partial charge >= 0.3 is 0 Å². The zero-order valence-corrected chi connectivity index (χ0v) is 11.9. The first-order valence-corrected chi connectivity index (χ1v) is 6.92. The molecule has 0 bridgehead atoms. The normalized spacial score (nSPS) is 23.5. The molecule has 0 saturated carbocycles. The van der Waals surface area contributed by atoms with Gasteiger partial charge in [0.15, 0.2) is 0 Å². The quantitative estimate of drug-likeness (QED) is 0.762. The summed E-state index contributed by atoms with van der Waals surface area (Å²) in [5.41, 5.74) is 2.25. The van der Waals surface area contributed by atoms with Gasteiger partial charge in [0, 0.05) is 19.7 Å². The van der Waals surface area contributed by atoms with Gasteiger partial charge in [0.25, 0.3) is 0 Å². The first-order chi connectivity index (χ1) is 9.13. The number of hydrogen-bond acceptors (Lipinski definition) is 3. The number of nitrogens with zero attached hydrogens (tertiary/aromatic N) is 1. The van der Waals surface area contributed by atoms with Gasteiger partial charge in [0.1, 0.15) is 6.29 Å². The lowest BCUT2D eigenvalue weighted by Crippen LogP contribution is -2.42. The Labute approximate surface area is 115 Å². The van der Waals surface area contributed by atoms with Gasteiger partial charge in [-0.15, -0.1) is 0 Å². The van der Waals surface area contributed by atoms with E-state index < -0.39 is 0 Å². The van der Waals surface area contributed by atoms with E-state index in [1.807, 2.05) is 0 Å². The van der Waals surface area contributed by atoms with Crippen LogP contribution < -0.4 is 0 Å². The van der Waals surface area contributed by atoms with Crippen LogP contribution in [0.4, 0.5) is 0 Å². The van der Waals surface area contributed by atoms with Crippen LogP contribution in [-0.4, -0.2) is 38.0 Å². The monoisotopic (exact) mass is 261 g/mol. The molecule has 1 aromatic carbocycles. The average Bonchev–Trinajstić information content (AvgIpc) is 2.42. The minimum absolute atomic E-state index is 0.308. The number of benzene rings is 1. The van der Waals surface area contributed by atoms with E-state index in [-0.39, 0.29) is 5.41 Å². The fraction of sp³-hybridized carbons (Fsp3) is 0.562. The number of carbonyl (C=O) groups excluding carboxylic acids is 1. The van der Waals surface area contributed by atoms with Crippen LogP contribution in [0.25, 0.3) is 0 Å². The number of ether oxygens (including phenoxy) is 1. The first kappa shape index (κ1) is 14.2. The van der Waals surface area contributed by atoms with E-state index >= 15 is 0 Å². The van der Waals surface area contributed by atoms with Crippen molar-refractivity contribution in [3.8, 4) is 0 Å². The van der Waals surface area contributed by atoms with Crippen molar-refractivity contribution in [1.82, 2.24) is 4.90 Å². The minimum atomic E-state index is -0.308. The van der Waals surface area contributed by atoms with Gasteiger partial charge in [-0.25, -0.2) is 0 Å². The Kier molecular flexibility index (Phi) is 4.72. The van der Waals surface area contributed by atoms with Gasteiger partial charge in [-0.3, -0.25) is 0 Å². The molecule has 104 valence electrons. The Hall–Kier alpha value is -1.19. The fourth-order valence-corrected chi connectivity index (χ4v) is 2.73. The van der Waals surface area contributed by atoms with Crippen LogP contribution in [-0.2, 0) is 16.1 Å². The van der Waals surface area contributed by atoms with E-state index in [1.165, 1.54) is 11.1 Å². The summed E-state index contributed by atoms with van der Waals surface area (Å²) in [4.78, 5) is 13.6. The molecular formula is C16H23NO2. The number of hydrogen-bond donors (Lipinski definition) is 0. The lowest BCUT2D eigenvalue weighted by atomic mass is 9.83. The van der Waals surface area contributed by atoms with Gasteiger partial charge in [0.05, 0.1) is 12.0 Å². The van der Waals surface area contributed by atoms with Gasteiger partial charge < -0.3 is 14.4 Å². The Morgan fingerprint density at radius 1 is 1.37 bits per heavy atom. The van der Waals surface area contributed by atoms with Gasteiger partial charge in [0.2, 0.25) is 0 Å². The van der Waals surface area contributed by atoms with Crippen molar-refractivity contribution in [2.75, 3.05) is 26.8 Å². The third kappa shape index (κ3) is 3.88. The third-order valence-corrected chi connectivity index (χ3v) is 3.76. The highest BCUT2D eigenvalue weighted by atomic mass is 16.5. The Morgan fingerprint density at radius 2 is 2.11 bits per heavy atom. The molecule has 1 aliphatic rings. The lowest BCUT2D eigenvalue weighted by Gasteiger charge is -2.35. The van der Waals surface area contributed by atoms with E-state index in [2.05, 4.69) is 43.1 Å². The average molecular weight is 261 g/mol. The zero-order chi connectivity index (χ0) is 13.7. The largest absolute Gasteiger partial charge is 0.380 e. The molecule has 1 aliphatic heterocycles. The molecule has 1 heterocycles. The summed E-state index contributed by atoms with van der Waals surface area (Å²) >= 11 is 0. The second kappa shape index (κ2) is 6.31. The molecule has 0 spiro atoms. The van der Waals surface area contributed by atoms with Crippen LogP contribution in [0.15, 0.2) is 24.3 Å². The summed E-state index contributed by atoms with van der Waals surface area (Å²) < 4.78 is 5.49. The standard InChI is InChI=1S/C16H23NO2/c1-14-4-6-15(7-5-14)10-17(2)11-16(12-18)8-3-9-19-13-16/h4-7,12H,3,8-11,13H2,1-2H3. The molecule has 19 heavy (non-hydrogen) atoms. The molecule has 3 heteroatoms. The molecule has 1 aromatic rings. The van der Waals surface area contributed by atoms with Crippen LogP contribution in [0.1, 0.15) is 24.0 Å². The van der Waals surface area contributed by atoms with Gasteiger partial charge in [-0.2, -0.15) is 0 Å². The number of rotatable bonds is 5. The molecule has 3 nitrogen and oxygen atoms in total. The van der Waals surface area contributed by atoms with Crippen molar-refractivity contribution >= 4 is 6.29 Å². The highest BCUT2D eigenvalue weighted by Gasteiger charge is 2.33. The summed E-state index contributed by atoms with van der Waals surface area (Å²) in [6.07, 6.45) is 3.02. The second-order valence-electron chi connectivity index (χ2n) is 5.79. The van der Waals surface area contributed by atoms with Crippen LogP contribution in [0, 0.1) is 12.3 Å². The van der Waals surface area contributed by atoms with Crippen LogP contribution in [0.2, 0.25) is 0 Å². The maximum atomic E-state index is 11.4. The van der Waals surface area contributed by atoms with Crippen molar-refractivity contribution in [2.24, 2.45) is 5.41 Å². The zero-order valence-electron chi connectivity index (χ0n) is 11.9. The van der Waals surface area contributed by atoms with Crippen molar-refractivity contribution < 1.29 is 9.53 Å². The first-order valence-electron chi connectivity index (χ1n) is 6.92. The van der Waals surface area contributed by atoms with E-state index in [1.54, 1.807) is 0 Å². The van der Waals surface area contributed by atoms with E-state index in [9.17, 15) is 4.79 Å². The Morgan fingerprint density at radius 3 is 2.68 bits per heavy atom. The van der Waals surface area contributed by atoms with Crippen LogP contribution in [0.3, 0.4) is 0 Å². The van der Waals surface area contributed by atoms with Crippen molar-refractivity contribution in [3.63, 3.8) is 0 Å². The number of carbonyl (C=O) groups is 1.